The number of methoxy groups -OCH3 is 1. The highest BCUT2D eigenvalue weighted by atomic mass is 16.5. The van der Waals surface area contributed by atoms with Crippen LogP contribution >= 0.6 is 0 Å². The van der Waals surface area contributed by atoms with E-state index in [1.165, 1.54) is 0 Å². The maximum absolute atomic E-state index is 9.71. The highest BCUT2D eigenvalue weighted by molar-refractivity contribution is 5.81. The number of benzene rings is 1. The lowest BCUT2D eigenvalue weighted by atomic mass is 10.1. The van der Waals surface area contributed by atoms with Crippen molar-refractivity contribution in [2.75, 3.05) is 25.2 Å². The minimum Gasteiger partial charge on any atom is -0.392 e. The van der Waals surface area contributed by atoms with Crippen molar-refractivity contribution in [3.8, 4) is 0 Å². The summed E-state index contributed by atoms with van der Waals surface area (Å²) in [4.78, 5) is 7.00. The molecule has 0 aliphatic heterocycles. The molecule has 0 bridgehead atoms. The lowest BCUT2D eigenvalue weighted by Gasteiger charge is -2.31. The summed E-state index contributed by atoms with van der Waals surface area (Å²) in [6, 6.07) is 10.4. The van der Waals surface area contributed by atoms with E-state index in [-0.39, 0.29) is 6.61 Å². The molecule has 0 fully saturated rings. The quantitative estimate of drug-likeness (QED) is 0.851. The SMILES string of the molecule is CCC(C)N(CCOC)c1nc2ccccc2cc1CO. The monoisotopic (exact) mass is 288 g/mol. The van der Waals surface area contributed by atoms with E-state index in [4.69, 9.17) is 9.72 Å². The molecule has 2 rings (SSSR count). The van der Waals surface area contributed by atoms with Gasteiger partial charge >= 0.3 is 0 Å². The third-order valence-corrected chi connectivity index (χ3v) is 3.88. The molecule has 0 aliphatic carbocycles. The van der Waals surface area contributed by atoms with Gasteiger partial charge in [-0.3, -0.25) is 0 Å². The summed E-state index contributed by atoms with van der Waals surface area (Å²) in [7, 11) is 1.70. The number of hydrogen-bond acceptors (Lipinski definition) is 4. The van der Waals surface area contributed by atoms with Gasteiger partial charge in [-0.1, -0.05) is 25.1 Å². The number of aromatic nitrogens is 1. The summed E-state index contributed by atoms with van der Waals surface area (Å²) in [6.45, 7) is 5.73. The van der Waals surface area contributed by atoms with Gasteiger partial charge in [-0.2, -0.15) is 0 Å². The molecule has 1 aromatic heterocycles. The van der Waals surface area contributed by atoms with Crippen LogP contribution in [-0.4, -0.2) is 36.4 Å². The second kappa shape index (κ2) is 7.38. The number of para-hydroxylation sites is 1. The fraction of sp³-hybridized carbons (Fsp3) is 0.471. The maximum Gasteiger partial charge on any atom is 0.135 e. The molecule has 114 valence electrons. The van der Waals surface area contributed by atoms with Crippen molar-refractivity contribution in [1.82, 2.24) is 4.98 Å². The van der Waals surface area contributed by atoms with Crippen LogP contribution in [-0.2, 0) is 11.3 Å². The van der Waals surface area contributed by atoms with Gasteiger partial charge in [-0.05, 0) is 25.5 Å². The molecule has 21 heavy (non-hydrogen) atoms. The van der Waals surface area contributed by atoms with Gasteiger partial charge < -0.3 is 14.7 Å². The average Bonchev–Trinajstić information content (AvgIpc) is 2.54. The molecule has 1 aromatic carbocycles. The van der Waals surface area contributed by atoms with Gasteiger partial charge in [0.15, 0.2) is 0 Å². The Morgan fingerprint density at radius 3 is 2.76 bits per heavy atom. The highest BCUT2D eigenvalue weighted by Crippen LogP contribution is 2.25. The Kier molecular flexibility index (Phi) is 5.53. The second-order valence-electron chi connectivity index (χ2n) is 5.27. The number of rotatable bonds is 7. The van der Waals surface area contributed by atoms with Crippen molar-refractivity contribution in [2.45, 2.75) is 32.9 Å². The van der Waals surface area contributed by atoms with E-state index in [2.05, 4.69) is 18.7 Å². The Bertz CT molecular complexity index is 586. The Balaban J connectivity index is 2.48. The Hall–Kier alpha value is -1.65. The van der Waals surface area contributed by atoms with Crippen LogP contribution in [0.5, 0.6) is 0 Å². The van der Waals surface area contributed by atoms with Gasteiger partial charge in [0.1, 0.15) is 5.82 Å². The topological polar surface area (TPSA) is 45.6 Å². The number of ether oxygens (including phenoxy) is 1. The molecule has 4 nitrogen and oxygen atoms in total. The fourth-order valence-electron chi connectivity index (χ4n) is 2.46. The number of anilines is 1. The molecular weight excluding hydrogens is 264 g/mol. The molecule has 0 spiro atoms. The van der Waals surface area contributed by atoms with E-state index in [1.807, 2.05) is 30.3 Å². The first-order valence-corrected chi connectivity index (χ1v) is 7.46. The van der Waals surface area contributed by atoms with Crippen molar-refractivity contribution < 1.29 is 9.84 Å². The molecular formula is C17H24N2O2. The number of hydrogen-bond donors (Lipinski definition) is 1. The van der Waals surface area contributed by atoms with Crippen molar-refractivity contribution in [3.05, 3.63) is 35.9 Å². The van der Waals surface area contributed by atoms with Crippen LogP contribution in [0.4, 0.5) is 5.82 Å². The molecule has 1 N–H and O–H groups in total. The van der Waals surface area contributed by atoms with Gasteiger partial charge in [0.2, 0.25) is 0 Å². The number of aliphatic hydroxyl groups excluding tert-OH is 1. The first kappa shape index (κ1) is 15.7. The summed E-state index contributed by atoms with van der Waals surface area (Å²) in [6.07, 6.45) is 1.02. The molecule has 0 saturated carbocycles. The van der Waals surface area contributed by atoms with Gasteiger partial charge in [0.25, 0.3) is 0 Å². The number of pyridine rings is 1. The molecule has 0 amide bonds. The molecule has 1 atom stereocenters. The predicted octanol–water partition coefficient (Wildman–Crippen LogP) is 2.98. The van der Waals surface area contributed by atoms with Gasteiger partial charge in [0.05, 0.1) is 18.7 Å². The molecule has 1 unspecified atom stereocenters. The van der Waals surface area contributed by atoms with E-state index >= 15 is 0 Å². The predicted molar refractivity (Wildman–Crippen MR) is 86.6 cm³/mol. The van der Waals surface area contributed by atoms with E-state index in [1.54, 1.807) is 7.11 Å². The van der Waals surface area contributed by atoms with Gasteiger partial charge in [-0.15, -0.1) is 0 Å². The van der Waals surface area contributed by atoms with Crippen LogP contribution < -0.4 is 4.90 Å². The zero-order chi connectivity index (χ0) is 15.2. The van der Waals surface area contributed by atoms with E-state index in [9.17, 15) is 5.11 Å². The molecule has 2 aromatic rings. The minimum atomic E-state index is -0.00686. The summed E-state index contributed by atoms with van der Waals surface area (Å²) >= 11 is 0. The maximum atomic E-state index is 9.71. The van der Waals surface area contributed by atoms with E-state index in [0.717, 1.165) is 35.2 Å². The standard InChI is InChI=1S/C17H24N2O2/c1-4-13(2)19(9-10-21-3)17-15(12-20)11-14-7-5-6-8-16(14)18-17/h5-8,11,13,20H,4,9-10,12H2,1-3H3. The summed E-state index contributed by atoms with van der Waals surface area (Å²) in [5.74, 6) is 0.864. The molecule has 1 heterocycles. The lowest BCUT2D eigenvalue weighted by molar-refractivity contribution is 0.203. The van der Waals surface area contributed by atoms with Crippen LogP contribution in [0.1, 0.15) is 25.8 Å². The van der Waals surface area contributed by atoms with Crippen molar-refractivity contribution >= 4 is 16.7 Å². The number of nitrogens with zero attached hydrogens (tertiary/aromatic N) is 2. The smallest absolute Gasteiger partial charge is 0.135 e. The third kappa shape index (κ3) is 3.52. The van der Waals surface area contributed by atoms with Crippen LogP contribution in [0.25, 0.3) is 10.9 Å². The van der Waals surface area contributed by atoms with Crippen molar-refractivity contribution in [2.24, 2.45) is 0 Å². The summed E-state index contributed by atoms with van der Waals surface area (Å²) in [5, 5.41) is 10.8. The first-order chi connectivity index (χ1) is 10.2. The number of aliphatic hydroxyl groups is 1. The van der Waals surface area contributed by atoms with Crippen LogP contribution in [0.3, 0.4) is 0 Å². The second-order valence-corrected chi connectivity index (χ2v) is 5.27. The van der Waals surface area contributed by atoms with Crippen molar-refractivity contribution in [1.29, 1.82) is 0 Å². The summed E-state index contributed by atoms with van der Waals surface area (Å²) in [5.41, 5.74) is 1.82. The Morgan fingerprint density at radius 2 is 2.10 bits per heavy atom. The highest BCUT2D eigenvalue weighted by Gasteiger charge is 2.18. The minimum absolute atomic E-state index is 0.00686. The first-order valence-electron chi connectivity index (χ1n) is 7.46. The fourth-order valence-corrected chi connectivity index (χ4v) is 2.46. The van der Waals surface area contributed by atoms with E-state index < -0.39 is 0 Å². The van der Waals surface area contributed by atoms with Crippen LogP contribution in [0.2, 0.25) is 0 Å². The molecule has 4 heteroatoms. The Morgan fingerprint density at radius 1 is 1.33 bits per heavy atom. The normalized spacial score (nSPS) is 12.6. The van der Waals surface area contributed by atoms with Crippen molar-refractivity contribution in [3.63, 3.8) is 0 Å². The Labute approximate surface area is 126 Å². The molecule has 0 saturated heterocycles. The zero-order valence-electron chi connectivity index (χ0n) is 13.0. The average molecular weight is 288 g/mol. The third-order valence-electron chi connectivity index (χ3n) is 3.88. The van der Waals surface area contributed by atoms with E-state index in [0.29, 0.717) is 12.6 Å². The lowest BCUT2D eigenvalue weighted by Crippen LogP contribution is -2.36. The molecule has 0 radical (unpaired) electrons. The van der Waals surface area contributed by atoms with Gasteiger partial charge in [0, 0.05) is 30.6 Å². The van der Waals surface area contributed by atoms with Crippen LogP contribution in [0.15, 0.2) is 30.3 Å². The van der Waals surface area contributed by atoms with Gasteiger partial charge in [-0.25, -0.2) is 4.98 Å². The van der Waals surface area contributed by atoms with Crippen LogP contribution in [0, 0.1) is 0 Å². The zero-order valence-corrected chi connectivity index (χ0v) is 13.0. The number of fused-ring (bicyclic) bond motifs is 1. The molecule has 0 aliphatic rings. The summed E-state index contributed by atoms with van der Waals surface area (Å²) < 4.78 is 5.22. The largest absolute Gasteiger partial charge is 0.392 e.